The lowest BCUT2D eigenvalue weighted by atomic mass is 10.4. The van der Waals surface area contributed by atoms with Crippen LogP contribution >= 0.6 is 0 Å². The topological polar surface area (TPSA) is 64.6 Å². The summed E-state index contributed by atoms with van der Waals surface area (Å²) in [6, 6.07) is 0. The second kappa shape index (κ2) is 17.8. The molecule has 0 spiro atoms. The molecule has 7 heteroatoms. The first-order chi connectivity index (χ1) is 10.3. The van der Waals surface area contributed by atoms with Crippen molar-refractivity contribution in [1.82, 2.24) is 0 Å². The highest BCUT2D eigenvalue weighted by atomic mass is 16.6. The van der Waals surface area contributed by atoms with Gasteiger partial charge in [0, 0.05) is 21.3 Å². The first-order valence-electron chi connectivity index (χ1n) is 7.16. The highest BCUT2D eigenvalue weighted by Gasteiger charge is 2.07. The van der Waals surface area contributed by atoms with E-state index < -0.39 is 0 Å². The largest absolute Gasteiger partial charge is 0.382 e. The molecule has 0 saturated heterocycles. The van der Waals surface area contributed by atoms with Gasteiger partial charge in [0.25, 0.3) is 0 Å². The third-order valence-electron chi connectivity index (χ3n) is 2.55. The Bertz CT molecular complexity index is 192. The van der Waals surface area contributed by atoms with E-state index in [4.69, 9.17) is 33.2 Å². The van der Waals surface area contributed by atoms with Crippen molar-refractivity contribution < 1.29 is 33.2 Å². The second-order valence-corrected chi connectivity index (χ2v) is 4.22. The Morgan fingerprint density at radius 2 is 0.905 bits per heavy atom. The van der Waals surface area contributed by atoms with Crippen LogP contribution in [-0.4, -0.2) is 93.5 Å². The molecule has 0 N–H and O–H groups in total. The number of rotatable bonds is 17. The Kier molecular flexibility index (Phi) is 17.5. The fraction of sp³-hybridized carbons (Fsp3) is 1.00. The molecule has 0 bridgehead atoms. The van der Waals surface area contributed by atoms with Crippen LogP contribution in [0, 0.1) is 0 Å². The molecule has 0 rings (SSSR count). The molecular formula is C14H30O7. The molecular weight excluding hydrogens is 280 g/mol. The lowest BCUT2D eigenvalue weighted by Crippen LogP contribution is -2.26. The minimum Gasteiger partial charge on any atom is -0.382 e. The normalized spacial score (nSPS) is 12.7. The van der Waals surface area contributed by atoms with Crippen LogP contribution in [-0.2, 0) is 33.2 Å². The van der Waals surface area contributed by atoms with Crippen molar-refractivity contribution in [2.24, 2.45) is 0 Å². The van der Waals surface area contributed by atoms with Crippen molar-refractivity contribution in [3.63, 3.8) is 0 Å². The smallest absolute Gasteiger partial charge is 0.104 e. The standard InChI is InChI=1S/C14H30O7/c1-15-4-6-18-8-9-19-10-11-21-13-14(17-3)12-20-7-5-16-2/h14H,4-13H2,1-3H3. The van der Waals surface area contributed by atoms with Gasteiger partial charge in [0.05, 0.1) is 66.1 Å². The van der Waals surface area contributed by atoms with Crippen LogP contribution < -0.4 is 0 Å². The van der Waals surface area contributed by atoms with Gasteiger partial charge >= 0.3 is 0 Å². The van der Waals surface area contributed by atoms with Gasteiger partial charge in [-0.1, -0.05) is 0 Å². The molecule has 0 heterocycles. The van der Waals surface area contributed by atoms with Crippen molar-refractivity contribution >= 4 is 0 Å². The van der Waals surface area contributed by atoms with E-state index in [9.17, 15) is 0 Å². The van der Waals surface area contributed by atoms with Gasteiger partial charge in [-0.3, -0.25) is 0 Å². The third-order valence-corrected chi connectivity index (χ3v) is 2.55. The molecule has 0 saturated carbocycles. The van der Waals surface area contributed by atoms with Gasteiger partial charge < -0.3 is 33.2 Å². The van der Waals surface area contributed by atoms with Crippen molar-refractivity contribution in [3.8, 4) is 0 Å². The monoisotopic (exact) mass is 310 g/mol. The van der Waals surface area contributed by atoms with E-state index in [0.717, 1.165) is 0 Å². The zero-order valence-electron chi connectivity index (χ0n) is 13.5. The van der Waals surface area contributed by atoms with Crippen LogP contribution in [0.3, 0.4) is 0 Å². The van der Waals surface area contributed by atoms with Crippen LogP contribution in [0.1, 0.15) is 0 Å². The Labute approximate surface area is 127 Å². The molecule has 0 aromatic rings. The van der Waals surface area contributed by atoms with E-state index in [0.29, 0.717) is 66.1 Å². The van der Waals surface area contributed by atoms with Crippen molar-refractivity contribution in [2.75, 3.05) is 87.4 Å². The van der Waals surface area contributed by atoms with Gasteiger partial charge in [0.1, 0.15) is 6.10 Å². The maximum Gasteiger partial charge on any atom is 0.104 e. The number of hydrogen-bond donors (Lipinski definition) is 0. The highest BCUT2D eigenvalue weighted by molar-refractivity contribution is 4.54. The Balaban J connectivity index is 3.23. The molecule has 0 aliphatic rings. The molecule has 1 atom stereocenters. The van der Waals surface area contributed by atoms with E-state index in [1.807, 2.05) is 0 Å². The van der Waals surface area contributed by atoms with Crippen LogP contribution in [0.4, 0.5) is 0 Å². The van der Waals surface area contributed by atoms with Crippen LogP contribution in [0.15, 0.2) is 0 Å². The molecule has 1 unspecified atom stereocenters. The molecule has 128 valence electrons. The molecule has 0 aliphatic heterocycles. The predicted octanol–water partition coefficient (Wildman–Crippen LogP) is 0.361. The predicted molar refractivity (Wildman–Crippen MR) is 77.8 cm³/mol. The SMILES string of the molecule is COCCOCCOCCOCC(COCCOC)OC. The summed E-state index contributed by atoms with van der Waals surface area (Å²) in [4.78, 5) is 0. The van der Waals surface area contributed by atoms with Crippen LogP contribution in [0.25, 0.3) is 0 Å². The number of ether oxygens (including phenoxy) is 7. The fourth-order valence-electron chi connectivity index (χ4n) is 1.34. The Morgan fingerprint density at radius 1 is 0.524 bits per heavy atom. The van der Waals surface area contributed by atoms with E-state index in [-0.39, 0.29) is 6.10 Å². The van der Waals surface area contributed by atoms with Gasteiger partial charge in [-0.05, 0) is 0 Å². The molecule has 0 aliphatic carbocycles. The van der Waals surface area contributed by atoms with E-state index in [1.165, 1.54) is 0 Å². The average Bonchev–Trinajstić information content (AvgIpc) is 2.51. The van der Waals surface area contributed by atoms with Crippen LogP contribution in [0.5, 0.6) is 0 Å². The van der Waals surface area contributed by atoms with Gasteiger partial charge in [-0.15, -0.1) is 0 Å². The number of methoxy groups -OCH3 is 3. The molecule has 21 heavy (non-hydrogen) atoms. The summed E-state index contributed by atoms with van der Waals surface area (Å²) < 4.78 is 36.5. The van der Waals surface area contributed by atoms with Gasteiger partial charge in [-0.2, -0.15) is 0 Å². The average molecular weight is 310 g/mol. The minimum atomic E-state index is -0.0702. The van der Waals surface area contributed by atoms with Crippen molar-refractivity contribution in [2.45, 2.75) is 6.10 Å². The highest BCUT2D eigenvalue weighted by Crippen LogP contribution is 1.94. The summed E-state index contributed by atoms with van der Waals surface area (Å²) in [5, 5.41) is 0. The molecule has 0 amide bonds. The fourth-order valence-corrected chi connectivity index (χ4v) is 1.34. The molecule has 7 nitrogen and oxygen atoms in total. The van der Waals surface area contributed by atoms with E-state index in [2.05, 4.69) is 0 Å². The summed E-state index contributed by atoms with van der Waals surface area (Å²) in [5.74, 6) is 0. The summed E-state index contributed by atoms with van der Waals surface area (Å²) >= 11 is 0. The lowest BCUT2D eigenvalue weighted by Gasteiger charge is -2.15. The summed E-state index contributed by atoms with van der Waals surface area (Å²) in [6.07, 6.45) is -0.0702. The molecule has 0 radical (unpaired) electrons. The van der Waals surface area contributed by atoms with Gasteiger partial charge in [0.2, 0.25) is 0 Å². The van der Waals surface area contributed by atoms with E-state index in [1.54, 1.807) is 21.3 Å². The Hall–Kier alpha value is -0.280. The number of hydrogen-bond acceptors (Lipinski definition) is 7. The maximum atomic E-state index is 5.47. The van der Waals surface area contributed by atoms with Crippen molar-refractivity contribution in [3.05, 3.63) is 0 Å². The quantitative estimate of drug-likeness (QED) is 0.359. The summed E-state index contributed by atoms with van der Waals surface area (Å²) in [7, 11) is 4.93. The van der Waals surface area contributed by atoms with Crippen LogP contribution in [0.2, 0.25) is 0 Å². The first-order valence-corrected chi connectivity index (χ1v) is 7.16. The zero-order chi connectivity index (χ0) is 15.6. The second-order valence-electron chi connectivity index (χ2n) is 4.22. The first kappa shape index (κ1) is 20.7. The maximum absolute atomic E-state index is 5.47. The third kappa shape index (κ3) is 15.9. The van der Waals surface area contributed by atoms with E-state index >= 15 is 0 Å². The minimum absolute atomic E-state index is 0.0702. The van der Waals surface area contributed by atoms with Gasteiger partial charge in [0.15, 0.2) is 0 Å². The summed E-state index contributed by atoms with van der Waals surface area (Å²) in [6.45, 7) is 5.50. The zero-order valence-corrected chi connectivity index (χ0v) is 13.5. The molecule has 0 aromatic heterocycles. The molecule has 0 aromatic carbocycles. The Morgan fingerprint density at radius 3 is 1.33 bits per heavy atom. The van der Waals surface area contributed by atoms with Crippen molar-refractivity contribution in [1.29, 1.82) is 0 Å². The lowest BCUT2D eigenvalue weighted by molar-refractivity contribution is -0.0583. The summed E-state index contributed by atoms with van der Waals surface area (Å²) in [5.41, 5.74) is 0. The van der Waals surface area contributed by atoms with Gasteiger partial charge in [-0.25, -0.2) is 0 Å². The molecule has 0 fully saturated rings.